The molecule has 1 amide bonds. The maximum atomic E-state index is 12.2. The second kappa shape index (κ2) is 7.93. The van der Waals surface area contributed by atoms with Crippen LogP contribution in [0.1, 0.15) is 27.2 Å². The minimum atomic E-state index is -0.294. The second-order valence-corrected chi connectivity index (χ2v) is 6.30. The molecule has 0 aliphatic rings. The van der Waals surface area contributed by atoms with E-state index >= 15 is 0 Å². The molecule has 132 valence electrons. The Balaban J connectivity index is 1.66. The van der Waals surface area contributed by atoms with E-state index in [9.17, 15) is 4.79 Å². The first kappa shape index (κ1) is 17.8. The summed E-state index contributed by atoms with van der Waals surface area (Å²) >= 11 is 6.29. The molecule has 0 unspecified atom stereocenters. The molecule has 0 saturated carbocycles. The van der Waals surface area contributed by atoms with E-state index in [4.69, 9.17) is 11.6 Å². The number of benzene rings is 1. The number of amides is 1. The van der Waals surface area contributed by atoms with Gasteiger partial charge in [-0.2, -0.15) is 0 Å². The minimum Gasteiger partial charge on any atom is -0.347 e. The standard InChI is InChI=1S/C19H18ClN5O/c1-12-6-13(2)18(15(20)7-12)25-17-11-22-16(10-23-17)19(26)24-9-14-4-3-5-21-8-14/h3-8,10-11H,9H2,1-2H3,(H,23,25)(H,24,26). The number of aryl methyl sites for hydroxylation is 2. The number of halogens is 1. The number of rotatable bonds is 5. The van der Waals surface area contributed by atoms with E-state index in [1.54, 1.807) is 12.4 Å². The zero-order chi connectivity index (χ0) is 18.5. The average molecular weight is 368 g/mol. The number of nitrogens with one attached hydrogen (secondary N) is 2. The highest BCUT2D eigenvalue weighted by Crippen LogP contribution is 2.29. The number of hydrogen-bond acceptors (Lipinski definition) is 5. The van der Waals surface area contributed by atoms with Gasteiger partial charge in [-0.25, -0.2) is 9.97 Å². The molecule has 0 bridgehead atoms. The number of pyridine rings is 1. The maximum Gasteiger partial charge on any atom is 0.271 e. The van der Waals surface area contributed by atoms with E-state index in [2.05, 4.69) is 25.6 Å². The second-order valence-electron chi connectivity index (χ2n) is 5.89. The number of hydrogen-bond donors (Lipinski definition) is 2. The molecule has 0 saturated heterocycles. The quantitative estimate of drug-likeness (QED) is 0.716. The normalized spacial score (nSPS) is 10.4. The summed E-state index contributed by atoms with van der Waals surface area (Å²) in [4.78, 5) is 24.6. The Labute approximate surface area is 156 Å². The zero-order valence-electron chi connectivity index (χ0n) is 14.5. The Morgan fingerprint density at radius 3 is 2.65 bits per heavy atom. The van der Waals surface area contributed by atoms with Gasteiger partial charge >= 0.3 is 0 Å². The largest absolute Gasteiger partial charge is 0.347 e. The molecule has 0 spiro atoms. The van der Waals surface area contributed by atoms with Crippen molar-refractivity contribution in [2.45, 2.75) is 20.4 Å². The van der Waals surface area contributed by atoms with E-state index < -0.39 is 0 Å². The van der Waals surface area contributed by atoms with Crippen molar-refractivity contribution in [3.05, 3.63) is 76.5 Å². The van der Waals surface area contributed by atoms with Crippen LogP contribution in [0.15, 0.2) is 49.1 Å². The number of aromatic nitrogens is 3. The number of carbonyl (C=O) groups excluding carboxylic acids is 1. The third kappa shape index (κ3) is 4.34. The van der Waals surface area contributed by atoms with Gasteiger partial charge in [0.05, 0.1) is 23.1 Å². The van der Waals surface area contributed by atoms with E-state index in [-0.39, 0.29) is 11.6 Å². The summed E-state index contributed by atoms with van der Waals surface area (Å²) in [6, 6.07) is 7.62. The van der Waals surface area contributed by atoms with Gasteiger partial charge in [0.15, 0.2) is 0 Å². The molecule has 2 heterocycles. The van der Waals surface area contributed by atoms with Crippen molar-refractivity contribution in [1.82, 2.24) is 20.3 Å². The molecule has 3 rings (SSSR count). The van der Waals surface area contributed by atoms with E-state index in [1.165, 1.54) is 12.4 Å². The van der Waals surface area contributed by atoms with Crippen LogP contribution in [-0.4, -0.2) is 20.9 Å². The lowest BCUT2D eigenvalue weighted by molar-refractivity contribution is 0.0945. The van der Waals surface area contributed by atoms with Crippen LogP contribution >= 0.6 is 11.6 Å². The van der Waals surface area contributed by atoms with Crippen molar-refractivity contribution >= 4 is 29.0 Å². The molecule has 26 heavy (non-hydrogen) atoms. The van der Waals surface area contributed by atoms with Crippen LogP contribution in [0, 0.1) is 13.8 Å². The van der Waals surface area contributed by atoms with Crippen molar-refractivity contribution < 1.29 is 4.79 Å². The van der Waals surface area contributed by atoms with Gasteiger partial charge in [-0.1, -0.05) is 23.7 Å². The fourth-order valence-corrected chi connectivity index (χ4v) is 2.86. The zero-order valence-corrected chi connectivity index (χ0v) is 15.2. The molecule has 0 fully saturated rings. The summed E-state index contributed by atoms with van der Waals surface area (Å²) in [5.41, 5.74) is 4.03. The SMILES string of the molecule is Cc1cc(C)c(Nc2cnc(C(=O)NCc3cccnc3)cn2)c(Cl)c1. The van der Waals surface area contributed by atoms with Crippen molar-refractivity contribution in [3.63, 3.8) is 0 Å². The molecule has 3 aromatic rings. The molecule has 0 radical (unpaired) electrons. The Morgan fingerprint density at radius 2 is 2.00 bits per heavy atom. The lowest BCUT2D eigenvalue weighted by Gasteiger charge is -2.12. The lowest BCUT2D eigenvalue weighted by Crippen LogP contribution is -2.24. The van der Waals surface area contributed by atoms with Crippen LogP contribution in [0.4, 0.5) is 11.5 Å². The molecule has 0 aliphatic heterocycles. The molecule has 2 aromatic heterocycles. The fraction of sp³-hybridized carbons (Fsp3) is 0.158. The maximum absolute atomic E-state index is 12.2. The van der Waals surface area contributed by atoms with Crippen molar-refractivity contribution in [2.24, 2.45) is 0 Å². The summed E-state index contributed by atoms with van der Waals surface area (Å²) in [5.74, 6) is 0.222. The van der Waals surface area contributed by atoms with E-state index in [0.717, 1.165) is 22.4 Å². The number of anilines is 2. The minimum absolute atomic E-state index is 0.242. The Kier molecular flexibility index (Phi) is 5.43. The van der Waals surface area contributed by atoms with Crippen LogP contribution in [0.3, 0.4) is 0 Å². The summed E-state index contributed by atoms with van der Waals surface area (Å²) < 4.78 is 0. The molecule has 6 nitrogen and oxygen atoms in total. The Morgan fingerprint density at radius 1 is 1.15 bits per heavy atom. The van der Waals surface area contributed by atoms with E-state index in [1.807, 2.05) is 38.1 Å². The first-order valence-electron chi connectivity index (χ1n) is 8.06. The molecule has 1 aromatic carbocycles. The Bertz CT molecular complexity index is 890. The van der Waals surface area contributed by atoms with Crippen LogP contribution in [0.25, 0.3) is 0 Å². The average Bonchev–Trinajstić information content (AvgIpc) is 2.64. The topological polar surface area (TPSA) is 79.8 Å². The van der Waals surface area contributed by atoms with Crippen molar-refractivity contribution in [1.29, 1.82) is 0 Å². The summed E-state index contributed by atoms with van der Waals surface area (Å²) in [6.07, 6.45) is 6.32. The van der Waals surface area contributed by atoms with Crippen molar-refractivity contribution in [3.8, 4) is 0 Å². The predicted molar refractivity (Wildman–Crippen MR) is 102 cm³/mol. The number of nitrogens with zero attached hydrogens (tertiary/aromatic N) is 3. The highest BCUT2D eigenvalue weighted by molar-refractivity contribution is 6.33. The van der Waals surface area contributed by atoms with Gasteiger partial charge in [-0.15, -0.1) is 0 Å². The molecule has 7 heteroatoms. The third-order valence-corrected chi connectivity index (χ3v) is 4.04. The van der Waals surface area contributed by atoms with Gasteiger partial charge in [0.25, 0.3) is 5.91 Å². The predicted octanol–water partition coefficient (Wildman–Crippen LogP) is 3.82. The van der Waals surface area contributed by atoms with Gasteiger partial charge < -0.3 is 10.6 Å². The molecule has 0 atom stereocenters. The smallest absolute Gasteiger partial charge is 0.271 e. The van der Waals surface area contributed by atoms with Crippen molar-refractivity contribution in [2.75, 3.05) is 5.32 Å². The van der Waals surface area contributed by atoms with Gasteiger partial charge in [-0.3, -0.25) is 9.78 Å². The molecule has 0 aliphatic carbocycles. The third-order valence-electron chi connectivity index (χ3n) is 3.75. The Hall–Kier alpha value is -2.99. The highest BCUT2D eigenvalue weighted by atomic mass is 35.5. The lowest BCUT2D eigenvalue weighted by atomic mass is 10.1. The fourth-order valence-electron chi connectivity index (χ4n) is 2.49. The van der Waals surface area contributed by atoms with Gasteiger partial charge in [0.2, 0.25) is 0 Å². The monoisotopic (exact) mass is 367 g/mol. The van der Waals surface area contributed by atoms with Gasteiger partial charge in [0.1, 0.15) is 11.5 Å². The van der Waals surface area contributed by atoms with Crippen LogP contribution in [0.2, 0.25) is 5.02 Å². The summed E-state index contributed by atoms with van der Waals surface area (Å²) in [6.45, 7) is 4.34. The highest BCUT2D eigenvalue weighted by Gasteiger charge is 2.10. The van der Waals surface area contributed by atoms with Gasteiger partial charge in [-0.05, 0) is 42.7 Å². The molecule has 2 N–H and O–H groups in total. The van der Waals surface area contributed by atoms with E-state index in [0.29, 0.717) is 17.4 Å². The number of carbonyl (C=O) groups is 1. The summed E-state index contributed by atoms with van der Waals surface area (Å²) in [7, 11) is 0. The van der Waals surface area contributed by atoms with Crippen LogP contribution in [0.5, 0.6) is 0 Å². The first-order chi connectivity index (χ1) is 12.5. The molecular weight excluding hydrogens is 350 g/mol. The van der Waals surface area contributed by atoms with Crippen LogP contribution < -0.4 is 10.6 Å². The van der Waals surface area contributed by atoms with Gasteiger partial charge in [0, 0.05) is 18.9 Å². The summed E-state index contributed by atoms with van der Waals surface area (Å²) in [5, 5.41) is 6.55. The van der Waals surface area contributed by atoms with Crippen LogP contribution in [-0.2, 0) is 6.54 Å². The first-order valence-corrected chi connectivity index (χ1v) is 8.43. The molecular formula is C19H18ClN5O.